The van der Waals surface area contributed by atoms with Gasteiger partial charge in [-0.2, -0.15) is 0 Å². The Morgan fingerprint density at radius 1 is 1.58 bits per heavy atom. The van der Waals surface area contributed by atoms with Crippen LogP contribution in [0.15, 0.2) is 65.5 Å². The summed E-state index contributed by atoms with van der Waals surface area (Å²) in [5, 5.41) is 12.7. The lowest BCUT2D eigenvalue weighted by Gasteiger charge is -2.22. The van der Waals surface area contributed by atoms with Crippen LogP contribution in [0.5, 0.6) is 0 Å². The Labute approximate surface area is 110 Å². The Morgan fingerprint density at radius 3 is 3.11 bits per heavy atom. The standard InChI is InChI=1S/C13H14FN5/c1-8(19-7-10(14)13(15)16)9-2-3-11-12(6-9)18-5-4-17-11/h2-7,12,18-19H,1H2,(H3,15,16). The van der Waals surface area contributed by atoms with Crippen molar-refractivity contribution in [3.8, 4) is 0 Å². The Morgan fingerprint density at radius 2 is 2.37 bits per heavy atom. The molecule has 0 amide bonds. The van der Waals surface area contributed by atoms with E-state index in [2.05, 4.69) is 22.2 Å². The quantitative estimate of drug-likeness (QED) is 0.452. The number of allylic oxidation sites excluding steroid dienone is 1. The van der Waals surface area contributed by atoms with Crippen LogP contribution in [0.2, 0.25) is 0 Å². The summed E-state index contributed by atoms with van der Waals surface area (Å²) >= 11 is 0. The van der Waals surface area contributed by atoms with Crippen molar-refractivity contribution < 1.29 is 4.39 Å². The molecule has 0 radical (unpaired) electrons. The van der Waals surface area contributed by atoms with E-state index in [0.717, 1.165) is 17.5 Å². The number of nitrogens with two attached hydrogens (primary N) is 1. The van der Waals surface area contributed by atoms with Gasteiger partial charge >= 0.3 is 0 Å². The summed E-state index contributed by atoms with van der Waals surface area (Å²) in [5.74, 6) is -1.45. The molecule has 0 aromatic heterocycles. The van der Waals surface area contributed by atoms with E-state index < -0.39 is 11.7 Å². The van der Waals surface area contributed by atoms with Crippen LogP contribution < -0.4 is 16.4 Å². The van der Waals surface area contributed by atoms with E-state index in [9.17, 15) is 4.39 Å². The van der Waals surface area contributed by atoms with Crippen molar-refractivity contribution in [1.82, 2.24) is 10.6 Å². The van der Waals surface area contributed by atoms with Crippen LogP contribution in [0.25, 0.3) is 0 Å². The first kappa shape index (κ1) is 12.8. The number of amidine groups is 1. The highest BCUT2D eigenvalue weighted by Gasteiger charge is 2.17. The molecule has 1 aliphatic heterocycles. The van der Waals surface area contributed by atoms with Crippen molar-refractivity contribution >= 4 is 11.5 Å². The molecule has 0 spiro atoms. The van der Waals surface area contributed by atoms with Gasteiger partial charge in [-0.15, -0.1) is 0 Å². The minimum atomic E-state index is -0.831. The summed E-state index contributed by atoms with van der Waals surface area (Å²) in [6.07, 6.45) is 10.1. The highest BCUT2D eigenvalue weighted by molar-refractivity contribution is 6.03. The fourth-order valence-corrected chi connectivity index (χ4v) is 1.64. The van der Waals surface area contributed by atoms with E-state index in [1.54, 1.807) is 12.4 Å². The van der Waals surface area contributed by atoms with Crippen molar-refractivity contribution in [2.24, 2.45) is 10.7 Å². The van der Waals surface area contributed by atoms with E-state index in [-0.39, 0.29) is 6.04 Å². The topological polar surface area (TPSA) is 86.3 Å². The molecule has 0 aromatic rings. The summed E-state index contributed by atoms with van der Waals surface area (Å²) in [6.45, 7) is 3.81. The van der Waals surface area contributed by atoms with Crippen molar-refractivity contribution in [1.29, 1.82) is 5.41 Å². The molecule has 1 heterocycles. The minimum Gasteiger partial charge on any atom is -0.382 e. The number of nitrogens with one attached hydrogen (secondary N) is 3. The summed E-state index contributed by atoms with van der Waals surface area (Å²) in [6, 6.07) is -0.00909. The molecule has 19 heavy (non-hydrogen) atoms. The third kappa shape index (κ3) is 2.98. The van der Waals surface area contributed by atoms with Crippen LogP contribution >= 0.6 is 0 Å². The van der Waals surface area contributed by atoms with Crippen LogP contribution in [0.3, 0.4) is 0 Å². The maximum Gasteiger partial charge on any atom is 0.180 e. The third-order valence-corrected chi connectivity index (χ3v) is 2.65. The largest absolute Gasteiger partial charge is 0.382 e. The number of fused-ring (bicyclic) bond motifs is 1. The molecule has 0 aromatic carbocycles. The SMILES string of the molecule is C=C(NC=C(F)C(=N)N)C1=CC2NC=CN=C2C=C1. The van der Waals surface area contributed by atoms with Crippen molar-refractivity contribution in [3.05, 3.63) is 60.5 Å². The predicted molar refractivity (Wildman–Crippen MR) is 74.1 cm³/mol. The lowest BCUT2D eigenvalue weighted by Crippen LogP contribution is -2.34. The van der Waals surface area contributed by atoms with Gasteiger partial charge in [0.25, 0.3) is 0 Å². The average molecular weight is 259 g/mol. The molecule has 1 unspecified atom stereocenters. The molecule has 0 fully saturated rings. The molecule has 1 atom stereocenters. The number of hydrogen-bond donors (Lipinski definition) is 4. The average Bonchev–Trinajstić information content (AvgIpc) is 2.43. The van der Waals surface area contributed by atoms with Gasteiger partial charge in [-0.25, -0.2) is 4.39 Å². The molecule has 5 N–H and O–H groups in total. The zero-order valence-corrected chi connectivity index (χ0v) is 10.2. The predicted octanol–water partition coefficient (Wildman–Crippen LogP) is 1.22. The Kier molecular flexibility index (Phi) is 3.61. The smallest absolute Gasteiger partial charge is 0.180 e. The van der Waals surface area contributed by atoms with Crippen LogP contribution in [-0.4, -0.2) is 17.6 Å². The molecule has 1 aliphatic carbocycles. The maximum atomic E-state index is 13.1. The van der Waals surface area contributed by atoms with Gasteiger partial charge in [0.15, 0.2) is 11.7 Å². The second-order valence-corrected chi connectivity index (χ2v) is 4.00. The highest BCUT2D eigenvalue weighted by atomic mass is 19.1. The lowest BCUT2D eigenvalue weighted by molar-refractivity contribution is 0.668. The Hall–Kier alpha value is -2.63. The number of nitrogens with zero attached hydrogens (tertiary/aromatic N) is 1. The lowest BCUT2D eigenvalue weighted by atomic mass is 9.98. The minimum absolute atomic E-state index is 0.00909. The number of aliphatic imine (C=N–C) groups is 1. The molecule has 98 valence electrons. The highest BCUT2D eigenvalue weighted by Crippen LogP contribution is 2.16. The number of rotatable bonds is 4. The first-order valence-corrected chi connectivity index (χ1v) is 5.62. The molecule has 2 rings (SSSR count). The van der Waals surface area contributed by atoms with E-state index in [4.69, 9.17) is 11.1 Å². The number of hydrogen-bond acceptors (Lipinski definition) is 4. The van der Waals surface area contributed by atoms with E-state index in [1.165, 1.54) is 0 Å². The molecule has 0 saturated carbocycles. The summed E-state index contributed by atoms with van der Waals surface area (Å²) in [7, 11) is 0. The second-order valence-electron chi connectivity index (χ2n) is 4.00. The molecule has 2 aliphatic rings. The normalized spacial score (nSPS) is 20.9. The third-order valence-electron chi connectivity index (χ3n) is 2.65. The zero-order valence-electron chi connectivity index (χ0n) is 10.2. The fourth-order valence-electron chi connectivity index (χ4n) is 1.64. The maximum absolute atomic E-state index is 13.1. The molecular weight excluding hydrogens is 245 g/mol. The molecule has 6 heteroatoms. The summed E-state index contributed by atoms with van der Waals surface area (Å²) in [5.41, 5.74) is 7.24. The monoisotopic (exact) mass is 259 g/mol. The van der Waals surface area contributed by atoms with E-state index in [0.29, 0.717) is 5.70 Å². The summed E-state index contributed by atoms with van der Waals surface area (Å²) in [4.78, 5) is 4.22. The molecule has 0 saturated heterocycles. The van der Waals surface area contributed by atoms with Crippen LogP contribution in [-0.2, 0) is 0 Å². The van der Waals surface area contributed by atoms with Gasteiger partial charge < -0.3 is 16.4 Å². The van der Waals surface area contributed by atoms with Crippen LogP contribution in [0.4, 0.5) is 4.39 Å². The van der Waals surface area contributed by atoms with E-state index in [1.807, 2.05) is 18.2 Å². The van der Waals surface area contributed by atoms with Gasteiger partial charge in [-0.05, 0) is 17.7 Å². The van der Waals surface area contributed by atoms with Crippen molar-refractivity contribution in [2.75, 3.05) is 0 Å². The zero-order chi connectivity index (χ0) is 13.8. The van der Waals surface area contributed by atoms with Gasteiger partial charge in [0.1, 0.15) is 0 Å². The fraction of sp³-hybridized carbons (Fsp3) is 0.0769. The van der Waals surface area contributed by atoms with Gasteiger partial charge in [-0.1, -0.05) is 12.7 Å². The number of halogens is 1. The molecule has 0 bridgehead atoms. The Bertz CT molecular complexity index is 566. The van der Waals surface area contributed by atoms with Crippen LogP contribution in [0.1, 0.15) is 0 Å². The molecule has 5 nitrogen and oxygen atoms in total. The first-order valence-electron chi connectivity index (χ1n) is 5.62. The van der Waals surface area contributed by atoms with Crippen molar-refractivity contribution in [2.45, 2.75) is 6.04 Å². The van der Waals surface area contributed by atoms with Gasteiger partial charge in [0, 0.05) is 24.3 Å². The summed E-state index contributed by atoms with van der Waals surface area (Å²) < 4.78 is 13.1. The Balaban J connectivity index is 2.06. The van der Waals surface area contributed by atoms with Gasteiger partial charge in [0.2, 0.25) is 0 Å². The van der Waals surface area contributed by atoms with Gasteiger partial charge in [0.05, 0.1) is 11.8 Å². The molecular formula is C13H14FN5. The van der Waals surface area contributed by atoms with Crippen LogP contribution in [0, 0.1) is 5.41 Å². The first-order chi connectivity index (χ1) is 9.08. The van der Waals surface area contributed by atoms with Gasteiger partial charge in [-0.3, -0.25) is 10.4 Å². The van der Waals surface area contributed by atoms with Crippen molar-refractivity contribution in [3.63, 3.8) is 0 Å². The second kappa shape index (κ2) is 5.34. The van der Waals surface area contributed by atoms with E-state index >= 15 is 0 Å².